The van der Waals surface area contributed by atoms with Gasteiger partial charge in [0.15, 0.2) is 11.7 Å². The van der Waals surface area contributed by atoms with Crippen LogP contribution in [0.1, 0.15) is 38.0 Å². The molecular formula is C20H24ClN3O2. The lowest BCUT2D eigenvalue weighted by atomic mass is 9.97. The van der Waals surface area contributed by atoms with Gasteiger partial charge in [-0.3, -0.25) is 4.79 Å². The fourth-order valence-electron chi connectivity index (χ4n) is 4.09. The third-order valence-electron chi connectivity index (χ3n) is 5.44. The van der Waals surface area contributed by atoms with E-state index < -0.39 is 0 Å². The molecule has 2 saturated heterocycles. The third-order valence-corrected chi connectivity index (χ3v) is 5.77. The van der Waals surface area contributed by atoms with Crippen LogP contribution in [0.25, 0.3) is 11.3 Å². The Morgan fingerprint density at radius 2 is 2.19 bits per heavy atom. The van der Waals surface area contributed by atoms with E-state index in [1.165, 1.54) is 19.4 Å². The maximum atomic E-state index is 12.3. The van der Waals surface area contributed by atoms with Crippen LogP contribution in [-0.2, 0) is 11.2 Å². The summed E-state index contributed by atoms with van der Waals surface area (Å²) in [6.07, 6.45) is 7.27. The van der Waals surface area contributed by atoms with E-state index in [2.05, 4.69) is 15.2 Å². The second-order valence-corrected chi connectivity index (χ2v) is 7.63. The molecule has 0 bridgehead atoms. The fraction of sp³-hybridized carbons (Fsp3) is 0.500. The standard InChI is InChI=1S/C20H24ClN3O2/c21-17-6-2-1-5-16(17)18-13-22-20(26-18)8-7-19(25)23-14-9-11-24-10-3-4-15(24)12-14/h1-2,5-6,13-15H,3-4,7-12H2,(H,23,25)/t14-,15-/m1/s1. The van der Waals surface area contributed by atoms with Gasteiger partial charge in [0.1, 0.15) is 0 Å². The smallest absolute Gasteiger partial charge is 0.220 e. The molecule has 2 aliphatic rings. The number of carbonyl (C=O) groups excluding carboxylic acids is 1. The highest BCUT2D eigenvalue weighted by Gasteiger charge is 2.32. The zero-order valence-corrected chi connectivity index (χ0v) is 15.5. The molecule has 1 amide bonds. The molecule has 0 unspecified atom stereocenters. The number of hydrogen-bond acceptors (Lipinski definition) is 4. The summed E-state index contributed by atoms with van der Waals surface area (Å²) in [7, 11) is 0. The SMILES string of the molecule is O=C(CCc1ncc(-c2ccccc2Cl)o1)N[C@@H]1CCN2CCC[C@@H]2C1. The predicted octanol–water partition coefficient (Wildman–Crippen LogP) is 3.67. The lowest BCUT2D eigenvalue weighted by Gasteiger charge is -2.35. The van der Waals surface area contributed by atoms with Gasteiger partial charge < -0.3 is 14.6 Å². The van der Waals surface area contributed by atoms with Gasteiger partial charge in [-0.2, -0.15) is 0 Å². The molecule has 0 saturated carbocycles. The number of nitrogens with one attached hydrogen (secondary N) is 1. The first kappa shape index (κ1) is 17.6. The van der Waals surface area contributed by atoms with E-state index in [1.54, 1.807) is 6.20 Å². The number of benzene rings is 1. The molecule has 3 heterocycles. The van der Waals surface area contributed by atoms with Crippen LogP contribution in [0.2, 0.25) is 5.02 Å². The Hall–Kier alpha value is -1.85. The first-order valence-corrected chi connectivity index (χ1v) is 9.80. The van der Waals surface area contributed by atoms with Gasteiger partial charge in [-0.1, -0.05) is 23.7 Å². The van der Waals surface area contributed by atoms with Crippen molar-refractivity contribution in [1.29, 1.82) is 0 Å². The molecule has 0 radical (unpaired) electrons. The van der Waals surface area contributed by atoms with Crippen molar-refractivity contribution in [2.45, 2.75) is 50.6 Å². The largest absolute Gasteiger partial charge is 0.441 e. The van der Waals surface area contributed by atoms with Crippen molar-refractivity contribution in [2.75, 3.05) is 13.1 Å². The maximum Gasteiger partial charge on any atom is 0.220 e. The van der Waals surface area contributed by atoms with Crippen LogP contribution >= 0.6 is 11.6 Å². The number of nitrogens with zero attached hydrogens (tertiary/aromatic N) is 2. The van der Waals surface area contributed by atoms with Crippen molar-refractivity contribution in [3.8, 4) is 11.3 Å². The van der Waals surface area contributed by atoms with Gasteiger partial charge in [0.2, 0.25) is 5.91 Å². The van der Waals surface area contributed by atoms with Crippen molar-refractivity contribution in [2.24, 2.45) is 0 Å². The number of amides is 1. The van der Waals surface area contributed by atoms with Gasteiger partial charge in [0.25, 0.3) is 0 Å². The van der Waals surface area contributed by atoms with Crippen LogP contribution in [0.4, 0.5) is 0 Å². The Bertz CT molecular complexity index is 776. The molecule has 6 heteroatoms. The number of aromatic nitrogens is 1. The number of rotatable bonds is 5. The highest BCUT2D eigenvalue weighted by molar-refractivity contribution is 6.33. The number of halogens is 1. The van der Waals surface area contributed by atoms with E-state index in [0.717, 1.165) is 24.9 Å². The summed E-state index contributed by atoms with van der Waals surface area (Å²) >= 11 is 6.19. The van der Waals surface area contributed by atoms with E-state index in [-0.39, 0.29) is 5.91 Å². The molecule has 5 nitrogen and oxygen atoms in total. The molecule has 0 aliphatic carbocycles. The zero-order valence-electron chi connectivity index (χ0n) is 14.8. The minimum absolute atomic E-state index is 0.0824. The first-order valence-electron chi connectivity index (χ1n) is 9.42. The Morgan fingerprint density at radius 1 is 1.31 bits per heavy atom. The van der Waals surface area contributed by atoms with Crippen LogP contribution in [0.15, 0.2) is 34.9 Å². The van der Waals surface area contributed by atoms with Crippen molar-refractivity contribution in [3.05, 3.63) is 41.4 Å². The Morgan fingerprint density at radius 3 is 3.08 bits per heavy atom. The summed E-state index contributed by atoms with van der Waals surface area (Å²) in [5.41, 5.74) is 0.820. The average molecular weight is 374 g/mol. The normalized spacial score (nSPS) is 23.0. The number of fused-ring (bicyclic) bond motifs is 1. The molecule has 0 spiro atoms. The van der Waals surface area contributed by atoms with E-state index in [9.17, 15) is 4.79 Å². The topological polar surface area (TPSA) is 58.4 Å². The third kappa shape index (κ3) is 3.94. The van der Waals surface area contributed by atoms with Gasteiger partial charge in [-0.15, -0.1) is 0 Å². The van der Waals surface area contributed by atoms with Crippen LogP contribution < -0.4 is 5.32 Å². The lowest BCUT2D eigenvalue weighted by Crippen LogP contribution is -2.47. The molecular weight excluding hydrogens is 350 g/mol. The van der Waals surface area contributed by atoms with Crippen molar-refractivity contribution < 1.29 is 9.21 Å². The van der Waals surface area contributed by atoms with Gasteiger partial charge in [-0.05, 0) is 44.4 Å². The summed E-state index contributed by atoms with van der Waals surface area (Å²) in [5, 5.41) is 3.82. The monoisotopic (exact) mass is 373 g/mol. The second-order valence-electron chi connectivity index (χ2n) is 7.22. The summed E-state index contributed by atoms with van der Waals surface area (Å²) in [4.78, 5) is 19.1. The predicted molar refractivity (Wildman–Crippen MR) is 101 cm³/mol. The van der Waals surface area contributed by atoms with Crippen LogP contribution in [-0.4, -0.2) is 41.0 Å². The van der Waals surface area contributed by atoms with Crippen molar-refractivity contribution in [1.82, 2.24) is 15.2 Å². The second kappa shape index (κ2) is 7.80. The number of hydrogen-bond donors (Lipinski definition) is 1. The quantitative estimate of drug-likeness (QED) is 0.868. The average Bonchev–Trinajstić information content (AvgIpc) is 3.29. The minimum atomic E-state index is 0.0824. The molecule has 1 aromatic carbocycles. The van der Waals surface area contributed by atoms with E-state index >= 15 is 0 Å². The van der Waals surface area contributed by atoms with Crippen molar-refractivity contribution >= 4 is 17.5 Å². The van der Waals surface area contributed by atoms with E-state index in [4.69, 9.17) is 16.0 Å². The molecule has 26 heavy (non-hydrogen) atoms. The summed E-state index contributed by atoms with van der Waals surface area (Å²) in [6, 6.07) is 8.48. The first-order chi connectivity index (χ1) is 12.7. The number of carbonyl (C=O) groups is 1. The molecule has 4 rings (SSSR count). The number of piperidine rings is 1. The number of aryl methyl sites for hydroxylation is 1. The van der Waals surface area contributed by atoms with Crippen LogP contribution in [0.3, 0.4) is 0 Å². The van der Waals surface area contributed by atoms with E-state index in [1.807, 2.05) is 24.3 Å². The highest BCUT2D eigenvalue weighted by Crippen LogP contribution is 2.28. The Labute approximate surface area is 158 Å². The van der Waals surface area contributed by atoms with Gasteiger partial charge in [-0.25, -0.2) is 4.98 Å². The fourth-order valence-corrected chi connectivity index (χ4v) is 4.32. The van der Waals surface area contributed by atoms with Crippen molar-refractivity contribution in [3.63, 3.8) is 0 Å². The molecule has 2 aromatic rings. The summed E-state index contributed by atoms with van der Waals surface area (Å²) in [6.45, 7) is 2.33. The Kier molecular flexibility index (Phi) is 5.27. The lowest BCUT2D eigenvalue weighted by molar-refractivity contribution is -0.122. The van der Waals surface area contributed by atoms with Crippen LogP contribution in [0, 0.1) is 0 Å². The molecule has 2 atom stereocenters. The molecule has 2 fully saturated rings. The minimum Gasteiger partial charge on any atom is -0.441 e. The van der Waals surface area contributed by atoms with E-state index in [0.29, 0.717) is 41.6 Å². The number of oxazole rings is 1. The maximum absolute atomic E-state index is 12.3. The van der Waals surface area contributed by atoms with Crippen LogP contribution in [0.5, 0.6) is 0 Å². The molecule has 1 N–H and O–H groups in total. The summed E-state index contributed by atoms with van der Waals surface area (Å²) < 4.78 is 5.77. The van der Waals surface area contributed by atoms with Gasteiger partial charge in [0, 0.05) is 37.0 Å². The molecule has 2 aliphatic heterocycles. The zero-order chi connectivity index (χ0) is 17.9. The highest BCUT2D eigenvalue weighted by atomic mass is 35.5. The van der Waals surface area contributed by atoms with Gasteiger partial charge >= 0.3 is 0 Å². The molecule has 138 valence electrons. The Balaban J connectivity index is 1.28. The summed E-state index contributed by atoms with van der Waals surface area (Å²) in [5.74, 6) is 1.29. The molecule has 1 aromatic heterocycles. The van der Waals surface area contributed by atoms with Gasteiger partial charge in [0.05, 0.1) is 11.2 Å².